The molecule has 0 bridgehead atoms. The predicted octanol–water partition coefficient (Wildman–Crippen LogP) is 1.73. The Labute approximate surface area is 178 Å². The molecule has 4 rings (SSSR count). The number of aromatic nitrogens is 5. The van der Waals surface area contributed by atoms with Crippen molar-refractivity contribution >= 4 is 11.4 Å². The molecular weight excluding hydrogens is 431 g/mol. The molecule has 10 nitrogen and oxygen atoms in total. The van der Waals surface area contributed by atoms with Crippen LogP contribution in [0.25, 0.3) is 11.4 Å². The summed E-state index contributed by atoms with van der Waals surface area (Å²) in [5, 5.41) is 10.3. The minimum absolute atomic E-state index is 0.187. The van der Waals surface area contributed by atoms with Crippen LogP contribution in [0.5, 0.6) is 0 Å². The number of halogens is 3. The van der Waals surface area contributed by atoms with Gasteiger partial charge in [-0.2, -0.15) is 23.3 Å². The van der Waals surface area contributed by atoms with Crippen LogP contribution in [0.3, 0.4) is 0 Å². The van der Waals surface area contributed by atoms with Gasteiger partial charge in [0, 0.05) is 44.2 Å². The highest BCUT2D eigenvalue weighted by molar-refractivity contribution is 5.75. The summed E-state index contributed by atoms with van der Waals surface area (Å²) in [4.78, 5) is 33.2. The van der Waals surface area contributed by atoms with Crippen LogP contribution in [0.2, 0.25) is 0 Å². The first-order valence-corrected chi connectivity index (χ1v) is 9.25. The van der Waals surface area contributed by atoms with Crippen molar-refractivity contribution in [3.8, 4) is 11.4 Å². The smallest absolute Gasteiger partial charge is 0.376 e. The van der Waals surface area contributed by atoms with Crippen molar-refractivity contribution in [2.75, 3.05) is 17.3 Å². The second-order valence-corrected chi connectivity index (χ2v) is 7.07. The molecule has 0 aliphatic rings. The molecule has 0 aliphatic carbocycles. The summed E-state index contributed by atoms with van der Waals surface area (Å²) in [6, 6.07) is 3.05. The van der Waals surface area contributed by atoms with E-state index in [0.29, 0.717) is 12.2 Å². The lowest BCUT2D eigenvalue weighted by atomic mass is 10.1. The Morgan fingerprint density at radius 1 is 1.19 bits per heavy atom. The number of nitrogens with zero attached hydrogens (tertiary/aromatic N) is 6. The summed E-state index contributed by atoms with van der Waals surface area (Å²) in [5.74, 6) is -1.68. The van der Waals surface area contributed by atoms with Gasteiger partial charge in [-0.25, -0.2) is 0 Å². The van der Waals surface area contributed by atoms with Crippen molar-refractivity contribution in [1.29, 1.82) is 0 Å². The molecule has 32 heavy (non-hydrogen) atoms. The molecule has 1 aromatic carbocycles. The molecule has 0 aliphatic heterocycles. The minimum Gasteiger partial charge on any atom is -0.376 e. The lowest BCUT2D eigenvalue weighted by Gasteiger charge is -2.23. The molecule has 3 heterocycles. The number of pyridine rings is 1. The van der Waals surface area contributed by atoms with Crippen molar-refractivity contribution in [1.82, 2.24) is 24.9 Å². The number of aryl methyl sites for hydroxylation is 1. The van der Waals surface area contributed by atoms with E-state index in [-0.39, 0.29) is 29.3 Å². The van der Waals surface area contributed by atoms with E-state index in [1.165, 1.54) is 12.3 Å². The van der Waals surface area contributed by atoms with Gasteiger partial charge in [0.2, 0.25) is 5.82 Å². The molecule has 166 valence electrons. The van der Waals surface area contributed by atoms with Crippen LogP contribution in [-0.4, -0.2) is 32.0 Å². The van der Waals surface area contributed by atoms with Crippen LogP contribution in [-0.2, 0) is 26.3 Å². The van der Waals surface area contributed by atoms with Crippen molar-refractivity contribution in [3.05, 3.63) is 68.3 Å². The van der Waals surface area contributed by atoms with Gasteiger partial charge in [-0.3, -0.25) is 19.3 Å². The third kappa shape index (κ3) is 4.08. The molecule has 13 heteroatoms. The van der Waals surface area contributed by atoms with Gasteiger partial charge in [0.25, 0.3) is 10.9 Å². The van der Waals surface area contributed by atoms with E-state index in [2.05, 4.69) is 30.1 Å². The summed E-state index contributed by atoms with van der Waals surface area (Å²) >= 11 is 0. The summed E-state index contributed by atoms with van der Waals surface area (Å²) < 4.78 is 43.6. The first-order valence-electron chi connectivity index (χ1n) is 9.25. The van der Waals surface area contributed by atoms with Crippen LogP contribution in [0, 0.1) is 0 Å². The van der Waals surface area contributed by atoms with E-state index in [0.717, 1.165) is 5.56 Å². The molecule has 0 atom stereocenters. The summed E-state index contributed by atoms with van der Waals surface area (Å²) in [5.41, 5.74) is 0.843. The highest BCUT2D eigenvalue weighted by Crippen LogP contribution is 2.29. The van der Waals surface area contributed by atoms with E-state index >= 15 is 0 Å². The van der Waals surface area contributed by atoms with Gasteiger partial charge in [0.1, 0.15) is 11.4 Å². The molecule has 0 radical (unpaired) electrons. The van der Waals surface area contributed by atoms with Crippen molar-refractivity contribution in [3.63, 3.8) is 0 Å². The number of anilines is 2. The average molecular weight is 447 g/mol. The topological polar surface area (TPSA) is 119 Å². The van der Waals surface area contributed by atoms with Crippen molar-refractivity contribution in [2.45, 2.75) is 19.3 Å². The van der Waals surface area contributed by atoms with Crippen LogP contribution in [0.15, 0.2) is 44.8 Å². The average Bonchev–Trinajstić information content (AvgIpc) is 3.40. The molecule has 0 saturated carbocycles. The number of rotatable bonds is 7. The standard InChI is InChI=1S/C19H16F3N7O3/c1-28(14-13(15(30)16(14)31)24-5-10-6-25-29(2)8-10)9-12-4-3-11(7-23-12)17-26-18(32-27-17)19(20,21)22/h3-4,6-8,24H,5,9H2,1-2H3. The highest BCUT2D eigenvalue weighted by Gasteiger charge is 2.38. The van der Waals surface area contributed by atoms with E-state index in [9.17, 15) is 22.8 Å². The first-order chi connectivity index (χ1) is 15.1. The predicted molar refractivity (Wildman–Crippen MR) is 107 cm³/mol. The van der Waals surface area contributed by atoms with Crippen LogP contribution in [0.1, 0.15) is 17.1 Å². The number of hydrogen-bond acceptors (Lipinski definition) is 9. The van der Waals surface area contributed by atoms with E-state index in [4.69, 9.17) is 0 Å². The fourth-order valence-corrected chi connectivity index (χ4v) is 3.09. The molecule has 0 fully saturated rings. The molecule has 0 unspecified atom stereocenters. The number of hydrogen-bond donors (Lipinski definition) is 1. The van der Waals surface area contributed by atoms with Crippen molar-refractivity contribution < 1.29 is 17.7 Å². The summed E-state index contributed by atoms with van der Waals surface area (Å²) in [6.45, 7) is 0.518. The molecule has 0 spiro atoms. The molecule has 4 aromatic rings. The Bertz CT molecular complexity index is 1320. The fourth-order valence-electron chi connectivity index (χ4n) is 3.09. The Balaban J connectivity index is 1.45. The van der Waals surface area contributed by atoms with E-state index < -0.39 is 22.9 Å². The zero-order chi connectivity index (χ0) is 23.0. The van der Waals surface area contributed by atoms with Gasteiger partial charge in [-0.05, 0) is 12.1 Å². The van der Waals surface area contributed by atoms with Gasteiger partial charge in [-0.1, -0.05) is 5.16 Å². The van der Waals surface area contributed by atoms with E-state index in [1.807, 2.05) is 0 Å². The molecule has 0 saturated heterocycles. The quantitative estimate of drug-likeness (QED) is 0.423. The lowest BCUT2D eigenvalue weighted by molar-refractivity contribution is -0.159. The second-order valence-electron chi connectivity index (χ2n) is 7.07. The fraction of sp³-hybridized carbons (Fsp3) is 0.263. The molecule has 0 amide bonds. The third-order valence-corrected chi connectivity index (χ3v) is 4.65. The largest absolute Gasteiger partial charge is 0.471 e. The number of alkyl halides is 3. The second kappa shape index (κ2) is 7.90. The SMILES string of the molecule is CN(Cc1ccc(-c2noc(C(F)(F)F)n2)cn1)c1c(NCc2cnn(C)c2)c(=O)c1=O. The monoisotopic (exact) mass is 447 g/mol. The third-order valence-electron chi connectivity index (χ3n) is 4.65. The van der Waals surface area contributed by atoms with Gasteiger partial charge in [-0.15, -0.1) is 0 Å². The molecule has 1 N–H and O–H groups in total. The van der Waals surface area contributed by atoms with Crippen LogP contribution < -0.4 is 21.1 Å². The Kier molecular flexibility index (Phi) is 5.24. The summed E-state index contributed by atoms with van der Waals surface area (Å²) in [6.07, 6.45) is 0.00595. The number of nitrogens with one attached hydrogen (secondary N) is 1. The Morgan fingerprint density at radius 2 is 1.97 bits per heavy atom. The first kappa shape index (κ1) is 21.2. The van der Waals surface area contributed by atoms with Crippen molar-refractivity contribution in [2.24, 2.45) is 7.05 Å². The maximum absolute atomic E-state index is 12.6. The molecular formula is C19H16F3N7O3. The van der Waals surface area contributed by atoms with Gasteiger partial charge in [0.05, 0.1) is 18.4 Å². The maximum atomic E-state index is 12.6. The maximum Gasteiger partial charge on any atom is 0.471 e. The van der Waals surface area contributed by atoms with Crippen LogP contribution >= 0.6 is 0 Å². The summed E-state index contributed by atoms with van der Waals surface area (Å²) in [7, 11) is 3.40. The Hall–Kier alpha value is -4.03. The van der Waals surface area contributed by atoms with Gasteiger partial charge < -0.3 is 14.7 Å². The normalized spacial score (nSPS) is 11.8. The zero-order valence-electron chi connectivity index (χ0n) is 16.8. The molecule has 3 aromatic heterocycles. The minimum atomic E-state index is -4.73. The zero-order valence-corrected chi connectivity index (χ0v) is 16.8. The Morgan fingerprint density at radius 3 is 2.56 bits per heavy atom. The highest BCUT2D eigenvalue weighted by atomic mass is 19.4. The van der Waals surface area contributed by atoms with E-state index in [1.54, 1.807) is 42.1 Å². The van der Waals surface area contributed by atoms with Gasteiger partial charge >= 0.3 is 12.1 Å². The van der Waals surface area contributed by atoms with Gasteiger partial charge in [0.15, 0.2) is 0 Å². The lowest BCUT2D eigenvalue weighted by Crippen LogP contribution is -2.41. The van der Waals surface area contributed by atoms with Crippen LogP contribution in [0.4, 0.5) is 24.5 Å².